The van der Waals surface area contributed by atoms with Gasteiger partial charge in [0.05, 0.1) is 5.69 Å². The van der Waals surface area contributed by atoms with Gasteiger partial charge >= 0.3 is 5.97 Å². The summed E-state index contributed by atoms with van der Waals surface area (Å²) >= 11 is 0. The van der Waals surface area contributed by atoms with Crippen LogP contribution >= 0.6 is 0 Å². The fourth-order valence-corrected chi connectivity index (χ4v) is 2.71. The van der Waals surface area contributed by atoms with E-state index in [2.05, 4.69) is 10.1 Å². The van der Waals surface area contributed by atoms with Crippen LogP contribution in [0.25, 0.3) is 5.82 Å². The predicted molar refractivity (Wildman–Crippen MR) is 69.2 cm³/mol. The zero-order valence-electron chi connectivity index (χ0n) is 10.7. The van der Waals surface area contributed by atoms with Crippen LogP contribution in [0.3, 0.4) is 0 Å². The van der Waals surface area contributed by atoms with Crippen molar-refractivity contribution in [1.29, 1.82) is 0 Å². The van der Waals surface area contributed by atoms with E-state index in [0.717, 1.165) is 4.68 Å². The van der Waals surface area contributed by atoms with Gasteiger partial charge in [-0.2, -0.15) is 5.10 Å². The number of rotatable bonds is 3. The van der Waals surface area contributed by atoms with Gasteiger partial charge in [-0.1, -0.05) is 6.07 Å². The molecule has 0 spiro atoms. The quantitative estimate of drug-likeness (QED) is 0.834. The zero-order chi connectivity index (χ0) is 15.1. The second-order valence-electron chi connectivity index (χ2n) is 4.16. The van der Waals surface area contributed by atoms with Crippen molar-refractivity contribution in [3.63, 3.8) is 0 Å². The summed E-state index contributed by atoms with van der Waals surface area (Å²) in [4.78, 5) is 15.3. The molecule has 0 atom stereocenters. The molecule has 0 saturated heterocycles. The first kappa shape index (κ1) is 14.2. The first-order valence-corrected chi connectivity index (χ1v) is 7.06. The van der Waals surface area contributed by atoms with E-state index in [0.29, 0.717) is 5.69 Å². The molecule has 0 aliphatic heterocycles. The van der Waals surface area contributed by atoms with Crippen molar-refractivity contribution in [2.75, 3.05) is 0 Å². The highest BCUT2D eigenvalue weighted by molar-refractivity contribution is 7.89. The second-order valence-corrected chi connectivity index (χ2v) is 5.64. The number of hydrogen-bond acceptors (Lipinski definition) is 5. The van der Waals surface area contributed by atoms with E-state index in [4.69, 9.17) is 10.2 Å². The van der Waals surface area contributed by atoms with Gasteiger partial charge in [0.1, 0.15) is 5.56 Å². The molecule has 0 bridgehead atoms. The molecule has 2 heterocycles. The number of carbonyl (C=O) groups is 1. The van der Waals surface area contributed by atoms with Crippen LogP contribution in [0.15, 0.2) is 23.2 Å². The molecule has 2 aromatic rings. The monoisotopic (exact) mass is 296 g/mol. The maximum Gasteiger partial charge on any atom is 0.340 e. The Morgan fingerprint density at radius 3 is 2.50 bits per heavy atom. The van der Waals surface area contributed by atoms with E-state index < -0.39 is 26.6 Å². The van der Waals surface area contributed by atoms with Crippen molar-refractivity contribution in [3.8, 4) is 5.82 Å². The molecule has 3 N–H and O–H groups in total. The lowest BCUT2D eigenvalue weighted by Crippen LogP contribution is -2.20. The number of aromatic carboxylic acids is 1. The van der Waals surface area contributed by atoms with Crippen molar-refractivity contribution in [1.82, 2.24) is 14.8 Å². The number of nitrogens with two attached hydrogens (primary N) is 1. The van der Waals surface area contributed by atoms with Gasteiger partial charge in [0, 0.05) is 5.69 Å². The first-order valence-electron chi connectivity index (χ1n) is 5.51. The SMILES string of the molecule is Cc1cccc(-n2nc(C)c(C(=O)O)c2S(N)(=O)=O)n1. The minimum absolute atomic E-state index is 0.0461. The largest absolute Gasteiger partial charge is 0.478 e. The number of carboxylic acid groups (broad SMARTS) is 1. The summed E-state index contributed by atoms with van der Waals surface area (Å²) in [6, 6.07) is 4.89. The molecular formula is C11H12N4O4S. The Bertz CT molecular complexity index is 795. The molecule has 0 aliphatic carbocycles. The number of nitrogens with zero attached hydrogens (tertiary/aromatic N) is 3. The van der Waals surface area contributed by atoms with Gasteiger partial charge in [0.2, 0.25) is 0 Å². The molecule has 0 saturated carbocycles. The molecule has 9 heteroatoms. The van der Waals surface area contributed by atoms with E-state index in [1.165, 1.54) is 13.0 Å². The average Bonchev–Trinajstić information content (AvgIpc) is 2.66. The van der Waals surface area contributed by atoms with Gasteiger partial charge in [-0.3, -0.25) is 0 Å². The first-order chi connectivity index (χ1) is 9.21. The number of aromatic nitrogens is 3. The van der Waals surface area contributed by atoms with Gasteiger partial charge < -0.3 is 5.11 Å². The van der Waals surface area contributed by atoms with Gasteiger partial charge in [0.15, 0.2) is 10.8 Å². The van der Waals surface area contributed by atoms with Crippen LogP contribution in [-0.2, 0) is 10.0 Å². The number of hydrogen-bond donors (Lipinski definition) is 2. The number of aryl methyl sites for hydroxylation is 2. The molecule has 2 rings (SSSR count). The van der Waals surface area contributed by atoms with Crippen LogP contribution in [0.2, 0.25) is 0 Å². The van der Waals surface area contributed by atoms with Crippen molar-refractivity contribution < 1.29 is 18.3 Å². The summed E-state index contributed by atoms with van der Waals surface area (Å²) in [5.41, 5.74) is 0.230. The zero-order valence-corrected chi connectivity index (χ0v) is 11.5. The molecule has 0 fully saturated rings. The molecule has 0 unspecified atom stereocenters. The summed E-state index contributed by atoms with van der Waals surface area (Å²) in [6.07, 6.45) is 0. The highest BCUT2D eigenvalue weighted by Gasteiger charge is 2.29. The summed E-state index contributed by atoms with van der Waals surface area (Å²) in [5.74, 6) is -1.23. The molecule has 2 aromatic heterocycles. The smallest absolute Gasteiger partial charge is 0.340 e. The van der Waals surface area contributed by atoms with Crippen LogP contribution < -0.4 is 5.14 Å². The molecule has 0 amide bonds. The Morgan fingerprint density at radius 1 is 1.35 bits per heavy atom. The number of primary sulfonamides is 1. The number of sulfonamides is 1. The number of carboxylic acids is 1. The molecule has 20 heavy (non-hydrogen) atoms. The molecule has 0 radical (unpaired) electrons. The van der Waals surface area contributed by atoms with Crippen molar-refractivity contribution in [2.24, 2.45) is 5.14 Å². The molecular weight excluding hydrogens is 284 g/mol. The minimum Gasteiger partial charge on any atom is -0.478 e. The molecule has 0 aliphatic rings. The lowest BCUT2D eigenvalue weighted by atomic mass is 10.3. The highest BCUT2D eigenvalue weighted by atomic mass is 32.2. The predicted octanol–water partition coefficient (Wildman–Crippen LogP) is 0.230. The maximum atomic E-state index is 11.7. The molecule has 106 valence electrons. The average molecular weight is 296 g/mol. The van der Waals surface area contributed by atoms with Gasteiger partial charge in [-0.25, -0.2) is 28.0 Å². The Kier molecular flexibility index (Phi) is 3.32. The van der Waals surface area contributed by atoms with E-state index >= 15 is 0 Å². The highest BCUT2D eigenvalue weighted by Crippen LogP contribution is 2.21. The molecule has 8 nitrogen and oxygen atoms in total. The Hall–Kier alpha value is -2.26. The van der Waals surface area contributed by atoms with Crippen molar-refractivity contribution >= 4 is 16.0 Å². The van der Waals surface area contributed by atoms with E-state index in [1.54, 1.807) is 19.1 Å². The third kappa shape index (κ3) is 2.40. The summed E-state index contributed by atoms with van der Waals surface area (Å²) in [7, 11) is -4.27. The summed E-state index contributed by atoms with van der Waals surface area (Å²) < 4.78 is 24.3. The third-order valence-corrected chi connectivity index (χ3v) is 3.51. The fraction of sp³-hybridized carbons (Fsp3) is 0.182. The van der Waals surface area contributed by atoms with Crippen molar-refractivity contribution in [3.05, 3.63) is 35.2 Å². The fourth-order valence-electron chi connectivity index (χ4n) is 1.82. The van der Waals surface area contributed by atoms with Crippen LogP contribution in [0, 0.1) is 13.8 Å². The topological polar surface area (TPSA) is 128 Å². The Balaban J connectivity index is 2.85. The standard InChI is InChI=1S/C11H12N4O4S/c1-6-4-3-5-8(13-6)15-10(20(12,18)19)9(11(16)17)7(2)14-15/h3-5H,1-2H3,(H,16,17)(H2,12,18,19). The van der Waals surface area contributed by atoms with Crippen molar-refractivity contribution in [2.45, 2.75) is 18.9 Å². The second kappa shape index (κ2) is 4.69. The van der Waals surface area contributed by atoms with E-state index in [1.807, 2.05) is 0 Å². The van der Waals surface area contributed by atoms with Crippen LogP contribution in [-0.4, -0.2) is 34.3 Å². The maximum absolute atomic E-state index is 11.7. The van der Waals surface area contributed by atoms with Crippen LogP contribution in [0.4, 0.5) is 0 Å². The van der Waals surface area contributed by atoms with E-state index in [9.17, 15) is 13.2 Å². The van der Waals surface area contributed by atoms with Crippen LogP contribution in [0.1, 0.15) is 21.7 Å². The lowest BCUT2D eigenvalue weighted by Gasteiger charge is -2.06. The third-order valence-electron chi connectivity index (χ3n) is 2.59. The van der Waals surface area contributed by atoms with Gasteiger partial charge in [-0.15, -0.1) is 0 Å². The molecule has 0 aromatic carbocycles. The normalized spacial score (nSPS) is 11.6. The minimum atomic E-state index is -4.27. The Labute approximate surface area is 114 Å². The van der Waals surface area contributed by atoms with E-state index in [-0.39, 0.29) is 11.5 Å². The summed E-state index contributed by atoms with van der Waals surface area (Å²) in [5, 5.41) is 17.6. The van der Waals surface area contributed by atoms with Gasteiger partial charge in [-0.05, 0) is 26.0 Å². The number of pyridine rings is 1. The van der Waals surface area contributed by atoms with Gasteiger partial charge in [0.25, 0.3) is 10.0 Å². The van der Waals surface area contributed by atoms with Crippen LogP contribution in [0.5, 0.6) is 0 Å². The lowest BCUT2D eigenvalue weighted by molar-refractivity contribution is 0.0691. The Morgan fingerprint density at radius 2 is 2.00 bits per heavy atom. The summed E-state index contributed by atoms with van der Waals surface area (Å²) in [6.45, 7) is 3.11.